The number of phosphoric acid groups is 1. The van der Waals surface area contributed by atoms with Gasteiger partial charge in [-0.3, -0.25) is 18.6 Å². The van der Waals surface area contributed by atoms with Crippen molar-refractivity contribution in [1.29, 1.82) is 0 Å². The van der Waals surface area contributed by atoms with Gasteiger partial charge in [-0.2, -0.15) is 0 Å². The summed E-state index contributed by atoms with van der Waals surface area (Å²) in [5, 5.41) is 18.3. The van der Waals surface area contributed by atoms with Gasteiger partial charge in [0.25, 0.3) is 0 Å². The number of hydrogen-bond acceptors (Lipinski definition) is 9. The van der Waals surface area contributed by atoms with Crippen LogP contribution in [0.1, 0.15) is 162 Å². The molecule has 0 radical (unpaired) electrons. The maximum atomic E-state index is 12.5. The summed E-state index contributed by atoms with van der Waals surface area (Å²) >= 11 is 0. The molecule has 0 aliphatic heterocycles. The fourth-order valence-corrected chi connectivity index (χ4v) is 5.85. The van der Waals surface area contributed by atoms with E-state index in [4.69, 9.17) is 19.1 Å². The van der Waals surface area contributed by atoms with Crippen LogP contribution in [-0.4, -0.2) is 65.7 Å². The molecule has 0 aromatic heterocycles. The van der Waals surface area contributed by atoms with E-state index in [1.54, 1.807) is 0 Å². The van der Waals surface area contributed by atoms with E-state index in [0.29, 0.717) is 12.8 Å². The number of hydrogen-bond donors (Lipinski definition) is 3. The smallest absolute Gasteiger partial charge is 0.462 e. The van der Waals surface area contributed by atoms with Gasteiger partial charge in [0.05, 0.1) is 19.8 Å². The zero-order valence-electron chi connectivity index (χ0n) is 31.4. The zero-order valence-corrected chi connectivity index (χ0v) is 32.3. The van der Waals surface area contributed by atoms with Crippen LogP contribution in [0.3, 0.4) is 0 Å². The average molecular weight is 731 g/mol. The van der Waals surface area contributed by atoms with Gasteiger partial charge in [-0.1, -0.05) is 140 Å². The lowest BCUT2D eigenvalue weighted by atomic mass is 10.0. The highest BCUT2D eigenvalue weighted by Gasteiger charge is 2.27. The molecule has 0 spiro atoms. The molecule has 292 valence electrons. The standard InChI is InChI=1S/C39H71O10P/c1-3-5-7-9-11-13-15-17-18-19-21-23-25-27-29-31-39(43)49-37(35-48-50(44,45)47-33-36(41)32-40)34-46-38(42)30-28-26-24-22-20-16-14-12-10-8-6-4-2/h5,7,11,13,17-18,36-37,40-41H,3-4,6,8-10,12,14-16,19-35H2,1-2H3,(H,44,45)/b7-5+,13-11+,18-17+/t36-,37+/m0/s1. The summed E-state index contributed by atoms with van der Waals surface area (Å²) in [5.74, 6) is -0.944. The van der Waals surface area contributed by atoms with Gasteiger partial charge in [-0.25, -0.2) is 4.57 Å². The summed E-state index contributed by atoms with van der Waals surface area (Å²) in [5.41, 5.74) is 0. The fourth-order valence-electron chi connectivity index (χ4n) is 5.07. The van der Waals surface area contributed by atoms with E-state index in [-0.39, 0.29) is 19.4 Å². The molecule has 3 atom stereocenters. The third-order valence-corrected chi connectivity index (χ3v) is 9.01. The minimum absolute atomic E-state index is 0.166. The third kappa shape index (κ3) is 34.6. The van der Waals surface area contributed by atoms with E-state index in [9.17, 15) is 24.2 Å². The number of allylic oxidation sites excluding steroid dienone is 6. The van der Waals surface area contributed by atoms with Crippen molar-refractivity contribution < 1.29 is 47.8 Å². The van der Waals surface area contributed by atoms with Gasteiger partial charge in [0.1, 0.15) is 12.7 Å². The van der Waals surface area contributed by atoms with Crippen LogP contribution in [0.15, 0.2) is 36.5 Å². The highest BCUT2D eigenvalue weighted by molar-refractivity contribution is 7.47. The lowest BCUT2D eigenvalue weighted by Gasteiger charge is -2.20. The minimum Gasteiger partial charge on any atom is -0.462 e. The molecule has 0 saturated carbocycles. The monoisotopic (exact) mass is 730 g/mol. The van der Waals surface area contributed by atoms with Crippen LogP contribution >= 0.6 is 7.82 Å². The Morgan fingerprint density at radius 1 is 0.620 bits per heavy atom. The van der Waals surface area contributed by atoms with Gasteiger partial charge < -0.3 is 24.6 Å². The molecule has 0 amide bonds. The molecule has 0 rings (SSSR count). The summed E-state index contributed by atoms with van der Waals surface area (Å²) in [6.45, 7) is 2.23. The van der Waals surface area contributed by atoms with Crippen molar-refractivity contribution in [3.63, 3.8) is 0 Å². The Kier molecular flexibility index (Phi) is 34.3. The predicted molar refractivity (Wildman–Crippen MR) is 201 cm³/mol. The molecule has 50 heavy (non-hydrogen) atoms. The van der Waals surface area contributed by atoms with E-state index in [1.165, 1.54) is 51.4 Å². The van der Waals surface area contributed by atoms with Gasteiger partial charge in [0.2, 0.25) is 0 Å². The van der Waals surface area contributed by atoms with Crippen molar-refractivity contribution >= 4 is 19.8 Å². The van der Waals surface area contributed by atoms with Crippen molar-refractivity contribution in [2.75, 3.05) is 26.4 Å². The number of esters is 2. The number of phosphoric ester groups is 1. The first-order chi connectivity index (χ1) is 24.2. The molecule has 0 fully saturated rings. The van der Waals surface area contributed by atoms with E-state index < -0.39 is 51.8 Å². The molecule has 0 saturated heterocycles. The molecule has 1 unspecified atom stereocenters. The summed E-state index contributed by atoms with van der Waals surface area (Å²) in [7, 11) is -4.61. The van der Waals surface area contributed by atoms with Crippen molar-refractivity contribution in [3.8, 4) is 0 Å². The largest absolute Gasteiger partial charge is 0.472 e. The van der Waals surface area contributed by atoms with Crippen LogP contribution in [0.5, 0.6) is 0 Å². The quantitative estimate of drug-likeness (QED) is 0.0246. The Morgan fingerprint density at radius 2 is 1.10 bits per heavy atom. The number of unbranched alkanes of at least 4 members (excludes halogenated alkanes) is 16. The minimum atomic E-state index is -4.61. The molecule has 11 heteroatoms. The molecule has 0 heterocycles. The van der Waals surface area contributed by atoms with Crippen molar-refractivity contribution in [2.45, 2.75) is 174 Å². The molecular weight excluding hydrogens is 659 g/mol. The van der Waals surface area contributed by atoms with Crippen LogP contribution in [0, 0.1) is 0 Å². The zero-order chi connectivity index (χ0) is 37.0. The Balaban J connectivity index is 4.39. The Bertz CT molecular complexity index is 936. The summed E-state index contributed by atoms with van der Waals surface area (Å²) in [6, 6.07) is 0. The van der Waals surface area contributed by atoms with Crippen molar-refractivity contribution in [1.82, 2.24) is 0 Å². The molecule has 0 aromatic rings. The number of carbonyl (C=O) groups excluding carboxylic acids is 2. The normalized spacial score (nSPS) is 14.4. The van der Waals surface area contributed by atoms with E-state index in [0.717, 1.165) is 70.6 Å². The van der Waals surface area contributed by atoms with Crippen LogP contribution < -0.4 is 0 Å². The van der Waals surface area contributed by atoms with Crippen molar-refractivity contribution in [3.05, 3.63) is 36.5 Å². The number of ether oxygens (including phenoxy) is 2. The Labute approximate surface area is 303 Å². The van der Waals surface area contributed by atoms with Crippen LogP contribution in [0.25, 0.3) is 0 Å². The topological polar surface area (TPSA) is 149 Å². The maximum absolute atomic E-state index is 12.5. The van der Waals surface area contributed by atoms with Gasteiger partial charge in [-0.05, 0) is 44.9 Å². The highest BCUT2D eigenvalue weighted by Crippen LogP contribution is 2.43. The number of aliphatic hydroxyl groups is 2. The van der Waals surface area contributed by atoms with Crippen LogP contribution in [0.4, 0.5) is 0 Å². The number of rotatable bonds is 36. The first-order valence-corrected chi connectivity index (χ1v) is 20.9. The first-order valence-electron chi connectivity index (χ1n) is 19.4. The van der Waals surface area contributed by atoms with Crippen molar-refractivity contribution in [2.24, 2.45) is 0 Å². The number of aliphatic hydroxyl groups excluding tert-OH is 2. The van der Waals surface area contributed by atoms with E-state index >= 15 is 0 Å². The van der Waals surface area contributed by atoms with Gasteiger partial charge >= 0.3 is 19.8 Å². The molecule has 0 aromatic carbocycles. The lowest BCUT2D eigenvalue weighted by molar-refractivity contribution is -0.161. The highest BCUT2D eigenvalue weighted by atomic mass is 31.2. The van der Waals surface area contributed by atoms with E-state index in [1.807, 2.05) is 0 Å². The maximum Gasteiger partial charge on any atom is 0.472 e. The average Bonchev–Trinajstić information content (AvgIpc) is 3.10. The predicted octanol–water partition coefficient (Wildman–Crippen LogP) is 9.61. The van der Waals surface area contributed by atoms with Crippen LogP contribution in [0.2, 0.25) is 0 Å². The molecule has 10 nitrogen and oxygen atoms in total. The summed E-state index contributed by atoms with van der Waals surface area (Å²) in [4.78, 5) is 34.8. The second kappa shape index (κ2) is 35.6. The van der Waals surface area contributed by atoms with Gasteiger partial charge in [-0.15, -0.1) is 0 Å². The van der Waals surface area contributed by atoms with Gasteiger partial charge in [0.15, 0.2) is 6.10 Å². The molecule has 0 bridgehead atoms. The Morgan fingerprint density at radius 3 is 1.66 bits per heavy atom. The first kappa shape index (κ1) is 48.2. The summed E-state index contributed by atoms with van der Waals surface area (Å²) in [6.07, 6.45) is 34.0. The summed E-state index contributed by atoms with van der Waals surface area (Å²) < 4.78 is 32.6. The van der Waals surface area contributed by atoms with E-state index in [2.05, 4.69) is 54.8 Å². The molecule has 0 aliphatic rings. The second-order valence-electron chi connectivity index (χ2n) is 12.9. The molecule has 0 aliphatic carbocycles. The lowest BCUT2D eigenvalue weighted by Crippen LogP contribution is -2.29. The third-order valence-electron chi connectivity index (χ3n) is 8.06. The molecular formula is C39H71O10P. The fraction of sp³-hybridized carbons (Fsp3) is 0.795. The molecule has 3 N–H and O–H groups in total. The van der Waals surface area contributed by atoms with Gasteiger partial charge in [0, 0.05) is 12.8 Å². The SMILES string of the molecule is CC/C=C/C/C=C/C/C=C/CCCCCCCC(=O)O[C@H](COC(=O)CCCCCCCCCCCCCC)COP(=O)(O)OC[C@@H](O)CO. The number of carbonyl (C=O) groups is 2. The Hall–Kier alpha value is -1.81. The van der Waals surface area contributed by atoms with Crippen LogP contribution in [-0.2, 0) is 32.7 Å². The second-order valence-corrected chi connectivity index (χ2v) is 14.4.